The van der Waals surface area contributed by atoms with Gasteiger partial charge < -0.3 is 9.64 Å². The second kappa shape index (κ2) is 8.67. The van der Waals surface area contributed by atoms with E-state index in [0.717, 1.165) is 38.5 Å². The van der Waals surface area contributed by atoms with Crippen LogP contribution in [-0.4, -0.2) is 48.0 Å². The Balaban J connectivity index is 1.51. The number of benzene rings is 2. The lowest BCUT2D eigenvalue weighted by Crippen LogP contribution is -2.52. The van der Waals surface area contributed by atoms with E-state index in [1.807, 2.05) is 48.2 Å². The van der Waals surface area contributed by atoms with Gasteiger partial charge in [0.1, 0.15) is 5.75 Å². The summed E-state index contributed by atoms with van der Waals surface area (Å²) in [6.07, 6.45) is 0.279. The molecule has 1 heterocycles. The fourth-order valence-electron chi connectivity index (χ4n) is 3.14. The zero-order valence-electron chi connectivity index (χ0n) is 14.8. The van der Waals surface area contributed by atoms with E-state index >= 15 is 0 Å². The highest BCUT2D eigenvalue weighted by atomic mass is 16.5. The number of para-hydroxylation sites is 1. The minimum Gasteiger partial charge on any atom is -0.481 e. The van der Waals surface area contributed by atoms with E-state index in [-0.39, 0.29) is 5.91 Å². The highest BCUT2D eigenvalue weighted by Gasteiger charge is 2.27. The molecular formula is C21H26N2O2. The first-order valence-electron chi connectivity index (χ1n) is 9.03. The van der Waals surface area contributed by atoms with E-state index in [2.05, 4.69) is 29.2 Å². The van der Waals surface area contributed by atoms with E-state index in [1.54, 1.807) is 0 Å². The fourth-order valence-corrected chi connectivity index (χ4v) is 3.14. The van der Waals surface area contributed by atoms with Crippen molar-refractivity contribution >= 4 is 5.91 Å². The third kappa shape index (κ3) is 4.83. The minimum absolute atomic E-state index is 0.103. The van der Waals surface area contributed by atoms with Gasteiger partial charge >= 0.3 is 0 Å². The molecule has 0 bridgehead atoms. The number of carbonyl (C=O) groups excluding carboxylic acids is 1. The molecule has 2 aromatic carbocycles. The lowest BCUT2D eigenvalue weighted by Gasteiger charge is -2.36. The predicted molar refractivity (Wildman–Crippen MR) is 99.4 cm³/mol. The Morgan fingerprint density at radius 1 is 0.960 bits per heavy atom. The second-order valence-corrected chi connectivity index (χ2v) is 6.41. The topological polar surface area (TPSA) is 32.8 Å². The molecule has 1 amide bonds. The zero-order valence-corrected chi connectivity index (χ0v) is 14.8. The van der Waals surface area contributed by atoms with Crippen LogP contribution >= 0.6 is 0 Å². The molecule has 132 valence electrons. The largest absolute Gasteiger partial charge is 0.481 e. The van der Waals surface area contributed by atoms with Crippen molar-refractivity contribution in [2.24, 2.45) is 0 Å². The highest BCUT2D eigenvalue weighted by Crippen LogP contribution is 2.16. The van der Waals surface area contributed by atoms with Gasteiger partial charge in [0.25, 0.3) is 5.91 Å². The van der Waals surface area contributed by atoms with Crippen molar-refractivity contribution in [2.75, 3.05) is 26.2 Å². The van der Waals surface area contributed by atoms with E-state index in [0.29, 0.717) is 6.42 Å². The molecule has 1 aliphatic heterocycles. The monoisotopic (exact) mass is 338 g/mol. The molecule has 0 unspecified atom stereocenters. The van der Waals surface area contributed by atoms with Crippen LogP contribution in [0, 0.1) is 0 Å². The predicted octanol–water partition coefficient (Wildman–Crippen LogP) is 3.19. The summed E-state index contributed by atoms with van der Waals surface area (Å²) in [4.78, 5) is 17.1. The van der Waals surface area contributed by atoms with Crippen molar-refractivity contribution in [3.8, 4) is 5.75 Å². The molecular weight excluding hydrogens is 312 g/mol. The fraction of sp³-hybridized carbons (Fsp3) is 0.381. The Morgan fingerprint density at radius 3 is 2.16 bits per heavy atom. The Hall–Kier alpha value is -2.33. The van der Waals surface area contributed by atoms with Gasteiger partial charge in [-0.15, -0.1) is 0 Å². The molecule has 0 saturated carbocycles. The molecule has 1 aliphatic rings. The Kier molecular flexibility index (Phi) is 6.07. The van der Waals surface area contributed by atoms with Gasteiger partial charge in [0, 0.05) is 32.7 Å². The molecule has 1 atom stereocenters. The van der Waals surface area contributed by atoms with Gasteiger partial charge in [0.15, 0.2) is 6.10 Å². The van der Waals surface area contributed by atoms with E-state index in [9.17, 15) is 4.79 Å². The third-order valence-electron chi connectivity index (χ3n) is 4.60. The summed E-state index contributed by atoms with van der Waals surface area (Å²) in [7, 11) is 0. The van der Waals surface area contributed by atoms with Crippen LogP contribution in [0.5, 0.6) is 5.75 Å². The average Bonchev–Trinajstić information content (AvgIpc) is 2.68. The number of amides is 1. The summed E-state index contributed by atoms with van der Waals surface area (Å²) in [5, 5.41) is 0. The van der Waals surface area contributed by atoms with Crippen molar-refractivity contribution in [1.29, 1.82) is 0 Å². The summed E-state index contributed by atoms with van der Waals surface area (Å²) in [5.74, 6) is 0.858. The SMILES string of the molecule is CC[C@H](Oc1ccccc1)C(=O)N1CCN(Cc2ccccc2)CC1. The number of rotatable bonds is 6. The normalized spacial score (nSPS) is 16.4. The van der Waals surface area contributed by atoms with Crippen molar-refractivity contribution in [3.63, 3.8) is 0 Å². The highest BCUT2D eigenvalue weighted by molar-refractivity contribution is 5.81. The van der Waals surface area contributed by atoms with Gasteiger partial charge in [0.2, 0.25) is 0 Å². The second-order valence-electron chi connectivity index (χ2n) is 6.41. The lowest BCUT2D eigenvalue weighted by molar-refractivity contribution is -0.140. The summed E-state index contributed by atoms with van der Waals surface area (Å²) in [6.45, 7) is 6.28. The number of hydrogen-bond donors (Lipinski definition) is 0. The maximum atomic E-state index is 12.8. The first kappa shape index (κ1) is 17.5. The standard InChI is InChI=1S/C21H26N2O2/c1-2-20(25-19-11-7-4-8-12-19)21(24)23-15-13-22(14-16-23)17-18-9-5-3-6-10-18/h3-12,20H,2,13-17H2,1H3/t20-/m0/s1. The van der Waals surface area contributed by atoms with Crippen LogP contribution in [0.1, 0.15) is 18.9 Å². The number of hydrogen-bond acceptors (Lipinski definition) is 3. The third-order valence-corrected chi connectivity index (χ3v) is 4.60. The van der Waals surface area contributed by atoms with Gasteiger partial charge in [-0.25, -0.2) is 0 Å². The van der Waals surface area contributed by atoms with Crippen LogP contribution in [0.25, 0.3) is 0 Å². The molecule has 3 rings (SSSR count). The number of carbonyl (C=O) groups is 1. The molecule has 0 aromatic heterocycles. The smallest absolute Gasteiger partial charge is 0.263 e. The van der Waals surface area contributed by atoms with Crippen molar-refractivity contribution < 1.29 is 9.53 Å². The summed E-state index contributed by atoms with van der Waals surface area (Å²) in [5.41, 5.74) is 1.32. The number of piperazine rings is 1. The van der Waals surface area contributed by atoms with Gasteiger partial charge in [-0.1, -0.05) is 55.5 Å². The van der Waals surface area contributed by atoms with E-state index in [1.165, 1.54) is 5.56 Å². The summed E-state index contributed by atoms with van der Waals surface area (Å²) >= 11 is 0. The van der Waals surface area contributed by atoms with Crippen LogP contribution < -0.4 is 4.74 Å². The quantitative estimate of drug-likeness (QED) is 0.811. The Morgan fingerprint density at radius 2 is 1.56 bits per heavy atom. The van der Waals surface area contributed by atoms with Crippen molar-refractivity contribution in [1.82, 2.24) is 9.80 Å². The van der Waals surface area contributed by atoms with Gasteiger partial charge in [-0.2, -0.15) is 0 Å². The molecule has 1 saturated heterocycles. The van der Waals surface area contributed by atoms with Gasteiger partial charge in [0.05, 0.1) is 0 Å². The van der Waals surface area contributed by atoms with Crippen LogP contribution in [0.15, 0.2) is 60.7 Å². The Bertz CT molecular complexity index is 652. The molecule has 4 heteroatoms. The first-order chi connectivity index (χ1) is 12.3. The minimum atomic E-state index is -0.400. The maximum absolute atomic E-state index is 12.8. The van der Waals surface area contributed by atoms with Gasteiger partial charge in [-0.05, 0) is 24.1 Å². The molecule has 0 radical (unpaired) electrons. The molecule has 2 aromatic rings. The van der Waals surface area contributed by atoms with Crippen LogP contribution in [0.3, 0.4) is 0 Å². The zero-order chi connectivity index (χ0) is 17.5. The molecule has 1 fully saturated rings. The first-order valence-corrected chi connectivity index (χ1v) is 9.03. The molecule has 4 nitrogen and oxygen atoms in total. The number of ether oxygens (including phenoxy) is 1. The summed E-state index contributed by atoms with van der Waals surface area (Å²) < 4.78 is 5.90. The molecule has 0 aliphatic carbocycles. The van der Waals surface area contributed by atoms with Gasteiger partial charge in [-0.3, -0.25) is 9.69 Å². The van der Waals surface area contributed by atoms with Crippen LogP contribution in [0.4, 0.5) is 0 Å². The maximum Gasteiger partial charge on any atom is 0.263 e. The van der Waals surface area contributed by atoms with E-state index in [4.69, 9.17) is 4.74 Å². The molecule has 0 N–H and O–H groups in total. The average molecular weight is 338 g/mol. The molecule has 25 heavy (non-hydrogen) atoms. The van der Waals surface area contributed by atoms with Crippen molar-refractivity contribution in [3.05, 3.63) is 66.2 Å². The molecule has 0 spiro atoms. The number of nitrogens with zero attached hydrogens (tertiary/aromatic N) is 2. The van der Waals surface area contributed by atoms with E-state index < -0.39 is 6.10 Å². The summed E-state index contributed by atoms with van der Waals surface area (Å²) in [6, 6.07) is 20.1. The van der Waals surface area contributed by atoms with Crippen molar-refractivity contribution in [2.45, 2.75) is 26.0 Å². The Labute approximate surface area is 150 Å². The lowest BCUT2D eigenvalue weighted by atomic mass is 10.1. The van der Waals surface area contributed by atoms with Crippen LogP contribution in [0.2, 0.25) is 0 Å². The van der Waals surface area contributed by atoms with Crippen LogP contribution in [-0.2, 0) is 11.3 Å².